The fourth-order valence-corrected chi connectivity index (χ4v) is 2.76. The van der Waals surface area contributed by atoms with E-state index in [2.05, 4.69) is 22.2 Å². The smallest absolute Gasteiger partial charge is 0.198 e. The van der Waals surface area contributed by atoms with Crippen molar-refractivity contribution in [3.8, 4) is 5.75 Å². The van der Waals surface area contributed by atoms with E-state index < -0.39 is 0 Å². The number of amidine groups is 3. The highest BCUT2D eigenvalue weighted by atomic mass is 16.5. The zero-order valence-electron chi connectivity index (χ0n) is 15.8. The first-order valence-electron chi connectivity index (χ1n) is 9.01. The van der Waals surface area contributed by atoms with Crippen LogP contribution < -0.4 is 10.1 Å². The van der Waals surface area contributed by atoms with Crippen molar-refractivity contribution >= 4 is 28.9 Å². The molecule has 0 spiro atoms. The number of hydrogen-bond acceptors (Lipinski definition) is 4. The number of nitrogens with zero attached hydrogens (tertiary/aromatic N) is 3. The number of anilines is 1. The van der Waals surface area contributed by atoms with E-state index in [-0.39, 0.29) is 0 Å². The molecule has 0 saturated heterocycles. The lowest BCUT2D eigenvalue weighted by molar-refractivity contribution is 0.415. The zero-order chi connectivity index (χ0) is 19.3. The van der Waals surface area contributed by atoms with Gasteiger partial charge in [0.1, 0.15) is 5.75 Å². The topological polar surface area (TPSA) is 58.3 Å². The first kappa shape index (κ1) is 17.7. The lowest BCUT2D eigenvalue weighted by Gasteiger charge is -2.07. The highest BCUT2D eigenvalue weighted by Gasteiger charge is 2.19. The Bertz CT molecular complexity index is 1050. The second-order valence-electron chi connectivity index (χ2n) is 6.39. The number of aliphatic imine (C=N–C) groups is 3. The molecule has 0 saturated carbocycles. The number of aryl methyl sites for hydroxylation is 1. The summed E-state index contributed by atoms with van der Waals surface area (Å²) in [6.45, 7) is 2.05. The maximum Gasteiger partial charge on any atom is 0.198 e. The minimum absolute atomic E-state index is 0.554. The molecule has 1 N–H and O–H groups in total. The van der Waals surface area contributed by atoms with Crippen molar-refractivity contribution in [1.82, 2.24) is 0 Å². The molecule has 0 aromatic heterocycles. The molecule has 0 radical (unpaired) electrons. The Morgan fingerprint density at radius 3 is 2.21 bits per heavy atom. The first-order valence-corrected chi connectivity index (χ1v) is 9.01. The third-order valence-electron chi connectivity index (χ3n) is 4.30. The molecule has 0 bridgehead atoms. The predicted octanol–water partition coefficient (Wildman–Crippen LogP) is 5.00. The Balaban J connectivity index is 1.68. The van der Waals surface area contributed by atoms with Crippen molar-refractivity contribution in [2.75, 3.05) is 12.4 Å². The lowest BCUT2D eigenvalue weighted by atomic mass is 10.2. The Hall–Kier alpha value is -3.73. The SMILES string of the molecule is COc1ccc(NC2=NC(c3ccccc3)=NC2=Nc2ccc(C)cc2)cc1. The van der Waals surface area contributed by atoms with Crippen LogP contribution in [0.3, 0.4) is 0 Å². The van der Waals surface area contributed by atoms with E-state index in [1.54, 1.807) is 7.11 Å². The van der Waals surface area contributed by atoms with Gasteiger partial charge >= 0.3 is 0 Å². The second kappa shape index (κ2) is 7.88. The molecule has 0 unspecified atom stereocenters. The molecule has 1 aliphatic rings. The Morgan fingerprint density at radius 2 is 1.54 bits per heavy atom. The van der Waals surface area contributed by atoms with Gasteiger partial charge in [-0.15, -0.1) is 0 Å². The molecule has 0 aliphatic carbocycles. The summed E-state index contributed by atoms with van der Waals surface area (Å²) in [6, 6.07) is 25.6. The highest BCUT2D eigenvalue weighted by molar-refractivity contribution is 6.51. The number of benzene rings is 3. The van der Waals surface area contributed by atoms with Crippen molar-refractivity contribution in [3.63, 3.8) is 0 Å². The summed E-state index contributed by atoms with van der Waals surface area (Å²) in [4.78, 5) is 14.0. The summed E-state index contributed by atoms with van der Waals surface area (Å²) < 4.78 is 5.22. The third-order valence-corrected chi connectivity index (χ3v) is 4.30. The normalized spacial score (nSPS) is 14.6. The van der Waals surface area contributed by atoms with Crippen LogP contribution in [-0.4, -0.2) is 24.6 Å². The quantitative estimate of drug-likeness (QED) is 0.704. The number of hydrogen-bond donors (Lipinski definition) is 1. The molecule has 28 heavy (non-hydrogen) atoms. The standard InChI is InChI=1S/C23H20N4O/c1-16-8-10-18(11-9-16)24-22-23(25-19-12-14-20(28-2)15-13-19)27-21(26-22)17-6-4-3-5-7-17/h3-15H,1-2H3,(H,24,25,26,27). The van der Waals surface area contributed by atoms with Gasteiger partial charge in [0.25, 0.3) is 0 Å². The average Bonchev–Trinajstić information content (AvgIpc) is 3.13. The molecule has 0 fully saturated rings. The van der Waals surface area contributed by atoms with Crippen molar-refractivity contribution in [3.05, 3.63) is 90.0 Å². The van der Waals surface area contributed by atoms with E-state index in [4.69, 9.17) is 9.73 Å². The van der Waals surface area contributed by atoms with Crippen LogP contribution in [0.4, 0.5) is 11.4 Å². The van der Waals surface area contributed by atoms with Gasteiger partial charge in [-0.05, 0) is 43.3 Å². The summed E-state index contributed by atoms with van der Waals surface area (Å²) >= 11 is 0. The maximum atomic E-state index is 5.22. The van der Waals surface area contributed by atoms with Crippen LogP contribution in [0.5, 0.6) is 5.75 Å². The van der Waals surface area contributed by atoms with Crippen LogP contribution in [0.2, 0.25) is 0 Å². The maximum absolute atomic E-state index is 5.22. The molecule has 5 heteroatoms. The van der Waals surface area contributed by atoms with E-state index in [0.29, 0.717) is 17.5 Å². The van der Waals surface area contributed by atoms with Gasteiger partial charge in [-0.2, -0.15) is 0 Å². The van der Waals surface area contributed by atoms with Gasteiger partial charge in [0.05, 0.1) is 12.8 Å². The van der Waals surface area contributed by atoms with Gasteiger partial charge in [0.15, 0.2) is 17.5 Å². The minimum Gasteiger partial charge on any atom is -0.497 e. The van der Waals surface area contributed by atoms with Crippen molar-refractivity contribution in [1.29, 1.82) is 0 Å². The van der Waals surface area contributed by atoms with Crippen molar-refractivity contribution in [2.45, 2.75) is 6.92 Å². The molecule has 0 atom stereocenters. The van der Waals surface area contributed by atoms with Crippen LogP contribution in [-0.2, 0) is 0 Å². The van der Waals surface area contributed by atoms with Gasteiger partial charge in [0.2, 0.25) is 0 Å². The van der Waals surface area contributed by atoms with Crippen LogP contribution in [0, 0.1) is 6.92 Å². The predicted molar refractivity (Wildman–Crippen MR) is 115 cm³/mol. The number of rotatable bonds is 4. The molecule has 3 aromatic rings. The number of methoxy groups -OCH3 is 1. The minimum atomic E-state index is 0.554. The first-order chi connectivity index (χ1) is 13.7. The van der Waals surface area contributed by atoms with E-state index in [1.165, 1.54) is 5.56 Å². The average molecular weight is 368 g/mol. The van der Waals surface area contributed by atoms with E-state index in [1.807, 2.05) is 78.9 Å². The van der Waals surface area contributed by atoms with E-state index in [9.17, 15) is 0 Å². The summed E-state index contributed by atoms with van der Waals surface area (Å²) in [5, 5.41) is 3.32. The molecular formula is C23H20N4O. The highest BCUT2D eigenvalue weighted by Crippen LogP contribution is 2.19. The van der Waals surface area contributed by atoms with Gasteiger partial charge in [-0.1, -0.05) is 48.0 Å². The van der Waals surface area contributed by atoms with Gasteiger partial charge < -0.3 is 10.1 Å². The molecule has 4 rings (SSSR count). The fraction of sp³-hybridized carbons (Fsp3) is 0.0870. The van der Waals surface area contributed by atoms with Crippen molar-refractivity contribution in [2.24, 2.45) is 15.0 Å². The molecule has 5 nitrogen and oxygen atoms in total. The van der Waals surface area contributed by atoms with Crippen LogP contribution >= 0.6 is 0 Å². The third kappa shape index (κ3) is 3.99. The summed E-state index contributed by atoms with van der Waals surface area (Å²) in [6.07, 6.45) is 0. The van der Waals surface area contributed by atoms with E-state index in [0.717, 1.165) is 22.7 Å². The zero-order valence-corrected chi connectivity index (χ0v) is 15.8. The van der Waals surface area contributed by atoms with Crippen LogP contribution in [0.15, 0.2) is 93.8 Å². The molecule has 138 valence electrons. The van der Waals surface area contributed by atoms with Gasteiger partial charge in [-0.25, -0.2) is 15.0 Å². The number of ether oxygens (including phenoxy) is 1. The Morgan fingerprint density at radius 1 is 0.821 bits per heavy atom. The lowest BCUT2D eigenvalue weighted by Crippen LogP contribution is -2.18. The largest absolute Gasteiger partial charge is 0.497 e. The summed E-state index contributed by atoms with van der Waals surface area (Å²) in [5.74, 6) is 2.61. The van der Waals surface area contributed by atoms with E-state index >= 15 is 0 Å². The van der Waals surface area contributed by atoms with Crippen LogP contribution in [0.25, 0.3) is 0 Å². The summed E-state index contributed by atoms with van der Waals surface area (Å²) in [7, 11) is 1.65. The molecular weight excluding hydrogens is 348 g/mol. The van der Waals surface area contributed by atoms with Gasteiger partial charge in [-0.3, -0.25) is 0 Å². The Labute approximate surface area is 164 Å². The molecule has 1 heterocycles. The summed E-state index contributed by atoms with van der Waals surface area (Å²) in [5.41, 5.74) is 3.86. The van der Waals surface area contributed by atoms with Gasteiger partial charge in [0, 0.05) is 11.3 Å². The monoisotopic (exact) mass is 368 g/mol. The molecule has 0 amide bonds. The molecule has 1 aliphatic heterocycles. The molecule has 3 aromatic carbocycles. The van der Waals surface area contributed by atoms with Crippen LogP contribution in [0.1, 0.15) is 11.1 Å². The fourth-order valence-electron chi connectivity index (χ4n) is 2.76. The Kier molecular flexibility index (Phi) is 4.97. The number of nitrogens with one attached hydrogen (secondary N) is 1. The second-order valence-corrected chi connectivity index (χ2v) is 6.39. The van der Waals surface area contributed by atoms with Crippen molar-refractivity contribution < 1.29 is 4.74 Å².